The van der Waals surface area contributed by atoms with E-state index in [0.717, 1.165) is 18.5 Å². The van der Waals surface area contributed by atoms with Gasteiger partial charge in [0, 0.05) is 24.7 Å². The molecule has 1 amide bonds. The number of hydrogen-bond acceptors (Lipinski definition) is 5. The van der Waals surface area contributed by atoms with Crippen LogP contribution in [0.1, 0.15) is 31.4 Å². The Morgan fingerprint density at radius 1 is 1.26 bits per heavy atom. The molecule has 0 aliphatic carbocycles. The maximum atomic E-state index is 11.8. The number of ether oxygens (including phenoxy) is 1. The molecular weight excluding hydrogens is 318 g/mol. The summed E-state index contributed by atoms with van der Waals surface area (Å²) in [5.74, 6) is 0.811. The van der Waals surface area contributed by atoms with Crippen LogP contribution >= 0.6 is 0 Å². The first-order valence-electron chi connectivity index (χ1n) is 7.75. The number of aromatic nitrogens is 1. The van der Waals surface area contributed by atoms with Gasteiger partial charge in [-0.15, -0.1) is 0 Å². The van der Waals surface area contributed by atoms with E-state index in [2.05, 4.69) is 4.98 Å². The molecule has 3 rings (SSSR count). The molecule has 0 spiro atoms. The lowest BCUT2D eigenvalue weighted by molar-refractivity contribution is 0.150. The summed E-state index contributed by atoms with van der Waals surface area (Å²) in [6.07, 6.45) is 2.22. The van der Waals surface area contributed by atoms with E-state index in [1.165, 1.54) is 10.6 Å². The lowest BCUT2D eigenvalue weighted by Crippen LogP contribution is -2.37. The molecule has 2 aliphatic rings. The van der Waals surface area contributed by atoms with Gasteiger partial charge in [-0.25, -0.2) is 22.5 Å². The minimum Gasteiger partial charge on any atom is -0.444 e. The molecule has 8 heteroatoms. The van der Waals surface area contributed by atoms with Crippen molar-refractivity contribution in [3.8, 4) is 0 Å². The molecule has 2 fully saturated rings. The van der Waals surface area contributed by atoms with Gasteiger partial charge < -0.3 is 4.74 Å². The van der Waals surface area contributed by atoms with Gasteiger partial charge in [-0.05, 0) is 31.9 Å². The van der Waals surface area contributed by atoms with E-state index in [0.29, 0.717) is 25.5 Å². The standard InChI is InChI=1S/C15H21N3O4S/c1-11-10-18(15(19)22-11)14-5-3-4-13(16-14)12-6-8-17(9-7-12)23(2,20)21/h3-5,11-12H,6-10H2,1-2H3/t11-/m1/s1. The summed E-state index contributed by atoms with van der Waals surface area (Å²) < 4.78 is 29.8. The number of hydrogen-bond donors (Lipinski definition) is 0. The van der Waals surface area contributed by atoms with Crippen LogP contribution in [0.4, 0.5) is 10.6 Å². The SMILES string of the molecule is C[C@@H]1CN(c2cccc(C3CCN(S(C)(=O)=O)CC3)n2)C(=O)O1. The van der Waals surface area contributed by atoms with Crippen molar-refractivity contribution >= 4 is 21.9 Å². The Morgan fingerprint density at radius 3 is 2.52 bits per heavy atom. The smallest absolute Gasteiger partial charge is 0.415 e. The molecule has 0 radical (unpaired) electrons. The molecule has 2 saturated heterocycles. The Hall–Kier alpha value is -1.67. The van der Waals surface area contributed by atoms with E-state index < -0.39 is 10.0 Å². The van der Waals surface area contributed by atoms with Crippen LogP contribution in [-0.4, -0.2) is 55.8 Å². The van der Waals surface area contributed by atoms with Gasteiger partial charge in [0.25, 0.3) is 0 Å². The molecule has 3 heterocycles. The van der Waals surface area contributed by atoms with E-state index in [1.807, 2.05) is 19.1 Å². The van der Waals surface area contributed by atoms with E-state index in [9.17, 15) is 13.2 Å². The molecule has 1 aromatic heterocycles. The zero-order valence-electron chi connectivity index (χ0n) is 13.3. The number of anilines is 1. The van der Waals surface area contributed by atoms with Crippen LogP contribution in [0.3, 0.4) is 0 Å². The number of amides is 1. The molecule has 0 N–H and O–H groups in total. The van der Waals surface area contributed by atoms with Crippen molar-refractivity contribution < 1.29 is 17.9 Å². The Labute approximate surface area is 136 Å². The fraction of sp³-hybridized carbons (Fsp3) is 0.600. The van der Waals surface area contributed by atoms with Crippen LogP contribution < -0.4 is 4.90 Å². The van der Waals surface area contributed by atoms with Crippen LogP contribution in [0, 0.1) is 0 Å². The van der Waals surface area contributed by atoms with E-state index in [1.54, 1.807) is 11.0 Å². The summed E-state index contributed by atoms with van der Waals surface area (Å²) in [6, 6.07) is 5.63. The summed E-state index contributed by atoms with van der Waals surface area (Å²) >= 11 is 0. The predicted octanol–water partition coefficient (Wildman–Crippen LogP) is 1.57. The first-order valence-corrected chi connectivity index (χ1v) is 9.59. The normalized spacial score (nSPS) is 24.0. The highest BCUT2D eigenvalue weighted by Crippen LogP contribution is 2.29. The van der Waals surface area contributed by atoms with Gasteiger partial charge in [0.1, 0.15) is 11.9 Å². The van der Waals surface area contributed by atoms with Gasteiger partial charge in [-0.1, -0.05) is 6.07 Å². The van der Waals surface area contributed by atoms with Crippen molar-refractivity contribution in [2.24, 2.45) is 0 Å². The van der Waals surface area contributed by atoms with E-state index in [4.69, 9.17) is 4.74 Å². The van der Waals surface area contributed by atoms with Gasteiger partial charge in [-0.3, -0.25) is 4.90 Å². The Morgan fingerprint density at radius 2 is 1.96 bits per heavy atom. The first kappa shape index (κ1) is 16.2. The summed E-state index contributed by atoms with van der Waals surface area (Å²) in [6.45, 7) is 3.38. The van der Waals surface area contributed by atoms with Crippen LogP contribution in [0.2, 0.25) is 0 Å². The number of carbonyl (C=O) groups is 1. The largest absolute Gasteiger partial charge is 0.444 e. The molecule has 0 saturated carbocycles. The van der Waals surface area contributed by atoms with Crippen molar-refractivity contribution in [1.29, 1.82) is 0 Å². The van der Waals surface area contributed by atoms with E-state index >= 15 is 0 Å². The van der Waals surface area contributed by atoms with Gasteiger partial charge >= 0.3 is 6.09 Å². The average Bonchev–Trinajstić information content (AvgIpc) is 2.85. The summed E-state index contributed by atoms with van der Waals surface area (Å²) in [7, 11) is -3.12. The fourth-order valence-electron chi connectivity index (χ4n) is 3.09. The van der Waals surface area contributed by atoms with Gasteiger partial charge in [0.05, 0.1) is 12.8 Å². The van der Waals surface area contributed by atoms with Crippen LogP contribution in [0.5, 0.6) is 0 Å². The minimum absolute atomic E-state index is 0.133. The van der Waals surface area contributed by atoms with Crippen LogP contribution in [-0.2, 0) is 14.8 Å². The quantitative estimate of drug-likeness (QED) is 0.835. The number of sulfonamides is 1. The second kappa shape index (κ2) is 6.09. The minimum atomic E-state index is -3.12. The van der Waals surface area contributed by atoms with Gasteiger partial charge in [-0.2, -0.15) is 0 Å². The molecule has 0 aromatic carbocycles. The zero-order chi connectivity index (χ0) is 16.6. The highest BCUT2D eigenvalue weighted by Gasteiger charge is 2.31. The predicted molar refractivity (Wildman–Crippen MR) is 85.9 cm³/mol. The van der Waals surface area contributed by atoms with Crippen molar-refractivity contribution in [3.63, 3.8) is 0 Å². The molecular formula is C15H21N3O4S. The Balaban J connectivity index is 1.73. The molecule has 7 nitrogen and oxygen atoms in total. The third-order valence-corrected chi connectivity index (χ3v) is 5.64. The monoisotopic (exact) mass is 339 g/mol. The van der Waals surface area contributed by atoms with Gasteiger partial charge in [0.2, 0.25) is 10.0 Å². The highest BCUT2D eigenvalue weighted by atomic mass is 32.2. The highest BCUT2D eigenvalue weighted by molar-refractivity contribution is 7.88. The summed E-state index contributed by atoms with van der Waals surface area (Å²) in [4.78, 5) is 18.0. The van der Waals surface area contributed by atoms with E-state index in [-0.39, 0.29) is 18.1 Å². The second-order valence-electron chi connectivity index (χ2n) is 6.16. The number of nitrogens with zero attached hydrogens (tertiary/aromatic N) is 3. The molecule has 0 bridgehead atoms. The van der Waals surface area contributed by atoms with Crippen LogP contribution in [0.25, 0.3) is 0 Å². The van der Waals surface area contributed by atoms with Crippen molar-refractivity contribution in [2.45, 2.75) is 31.8 Å². The topological polar surface area (TPSA) is 79.8 Å². The Bertz CT molecular complexity index is 698. The van der Waals surface area contributed by atoms with Crippen molar-refractivity contribution in [1.82, 2.24) is 9.29 Å². The van der Waals surface area contributed by atoms with Crippen molar-refractivity contribution in [3.05, 3.63) is 23.9 Å². The number of cyclic esters (lactones) is 1. The fourth-order valence-corrected chi connectivity index (χ4v) is 3.97. The number of pyridine rings is 1. The lowest BCUT2D eigenvalue weighted by Gasteiger charge is -2.30. The Kier molecular flexibility index (Phi) is 4.29. The lowest BCUT2D eigenvalue weighted by atomic mass is 9.94. The van der Waals surface area contributed by atoms with Crippen molar-refractivity contribution in [2.75, 3.05) is 30.8 Å². The third-order valence-electron chi connectivity index (χ3n) is 4.34. The maximum Gasteiger partial charge on any atom is 0.415 e. The first-order chi connectivity index (χ1) is 10.8. The summed E-state index contributed by atoms with van der Waals surface area (Å²) in [5, 5.41) is 0. The zero-order valence-corrected chi connectivity index (χ0v) is 14.1. The van der Waals surface area contributed by atoms with Gasteiger partial charge in [0.15, 0.2) is 0 Å². The molecule has 23 heavy (non-hydrogen) atoms. The molecule has 0 unspecified atom stereocenters. The molecule has 1 atom stereocenters. The van der Waals surface area contributed by atoms with Crippen LogP contribution in [0.15, 0.2) is 18.2 Å². The molecule has 1 aromatic rings. The second-order valence-corrected chi connectivity index (χ2v) is 8.14. The third kappa shape index (κ3) is 3.48. The number of piperidine rings is 1. The number of carbonyl (C=O) groups excluding carboxylic acids is 1. The maximum absolute atomic E-state index is 11.8. The number of rotatable bonds is 3. The summed E-state index contributed by atoms with van der Waals surface area (Å²) in [5.41, 5.74) is 0.906. The molecule has 126 valence electrons. The molecule has 2 aliphatic heterocycles. The average molecular weight is 339 g/mol.